The first kappa shape index (κ1) is 20.3. The molecule has 2 aromatic carbocycles. The average Bonchev–Trinajstić information content (AvgIpc) is 2.67. The highest BCUT2D eigenvalue weighted by Gasteiger charge is 2.12. The van der Waals surface area contributed by atoms with Crippen molar-refractivity contribution >= 4 is 40.8 Å². The number of methoxy groups -OCH3 is 1. The van der Waals surface area contributed by atoms with Crippen LogP contribution in [0.2, 0.25) is 5.02 Å². The molecule has 0 aliphatic rings. The van der Waals surface area contributed by atoms with E-state index in [-0.39, 0.29) is 18.7 Å². The first-order chi connectivity index (χ1) is 13.0. The first-order valence-electron chi connectivity index (χ1n) is 8.12. The molecular formula is C19H19ClN2O5. The van der Waals surface area contributed by atoms with E-state index in [0.717, 1.165) is 0 Å². The molecule has 0 spiro atoms. The van der Waals surface area contributed by atoms with E-state index >= 15 is 0 Å². The van der Waals surface area contributed by atoms with Crippen molar-refractivity contribution < 1.29 is 23.9 Å². The number of rotatable bonds is 8. The van der Waals surface area contributed by atoms with Crippen molar-refractivity contribution in [2.45, 2.75) is 12.8 Å². The third kappa shape index (κ3) is 6.99. The zero-order valence-corrected chi connectivity index (χ0v) is 15.4. The normalized spacial score (nSPS) is 10.0. The molecule has 7 nitrogen and oxygen atoms in total. The molecule has 2 aromatic rings. The lowest BCUT2D eigenvalue weighted by atomic mass is 10.2. The monoisotopic (exact) mass is 390 g/mol. The lowest BCUT2D eigenvalue weighted by Gasteiger charge is -2.10. The predicted molar refractivity (Wildman–Crippen MR) is 102 cm³/mol. The highest BCUT2D eigenvalue weighted by atomic mass is 35.5. The van der Waals surface area contributed by atoms with Crippen molar-refractivity contribution in [3.63, 3.8) is 0 Å². The predicted octanol–water partition coefficient (Wildman–Crippen LogP) is 3.25. The topological polar surface area (TPSA) is 93.7 Å². The number of benzene rings is 2. The van der Waals surface area contributed by atoms with Crippen LogP contribution in [0.15, 0.2) is 48.5 Å². The van der Waals surface area contributed by atoms with Crippen molar-refractivity contribution in [3.05, 3.63) is 53.6 Å². The summed E-state index contributed by atoms with van der Waals surface area (Å²) in [6.07, 6.45) is -0.197. The van der Waals surface area contributed by atoms with Crippen molar-refractivity contribution in [3.8, 4) is 5.75 Å². The van der Waals surface area contributed by atoms with Crippen LogP contribution in [0.25, 0.3) is 0 Å². The van der Waals surface area contributed by atoms with E-state index in [2.05, 4.69) is 10.6 Å². The zero-order valence-electron chi connectivity index (χ0n) is 14.7. The van der Waals surface area contributed by atoms with Gasteiger partial charge in [-0.3, -0.25) is 14.4 Å². The molecule has 0 unspecified atom stereocenters. The molecule has 0 fully saturated rings. The highest BCUT2D eigenvalue weighted by Crippen LogP contribution is 2.22. The second-order valence-corrected chi connectivity index (χ2v) is 5.90. The zero-order chi connectivity index (χ0) is 19.6. The Labute approximate surface area is 161 Å². The molecule has 2 amide bonds. The van der Waals surface area contributed by atoms with Crippen LogP contribution in [0.4, 0.5) is 11.4 Å². The van der Waals surface area contributed by atoms with Gasteiger partial charge in [0.2, 0.25) is 5.91 Å². The summed E-state index contributed by atoms with van der Waals surface area (Å²) >= 11 is 5.77. The fourth-order valence-electron chi connectivity index (χ4n) is 2.12. The first-order valence-corrected chi connectivity index (χ1v) is 8.49. The Bertz CT molecular complexity index is 808. The van der Waals surface area contributed by atoms with Gasteiger partial charge in [0.05, 0.1) is 19.2 Å². The smallest absolute Gasteiger partial charge is 0.306 e. The number of ether oxygens (including phenoxy) is 2. The molecule has 0 bridgehead atoms. The van der Waals surface area contributed by atoms with Crippen LogP contribution >= 0.6 is 11.6 Å². The number of anilines is 2. The maximum Gasteiger partial charge on any atom is 0.306 e. The van der Waals surface area contributed by atoms with Crippen molar-refractivity contribution in [1.29, 1.82) is 0 Å². The van der Waals surface area contributed by atoms with Gasteiger partial charge in [0.25, 0.3) is 5.91 Å². The number of halogens is 1. The Balaban J connectivity index is 1.70. The van der Waals surface area contributed by atoms with Gasteiger partial charge in [0.1, 0.15) is 5.75 Å². The van der Waals surface area contributed by atoms with Crippen molar-refractivity contribution in [1.82, 2.24) is 0 Å². The second kappa shape index (κ2) is 10.2. The van der Waals surface area contributed by atoms with Gasteiger partial charge in [-0.05, 0) is 36.4 Å². The SMILES string of the molecule is COc1ccccc1NC(=O)COC(=O)CCC(=O)Nc1ccc(Cl)cc1. The molecule has 0 aliphatic heterocycles. The van der Waals surface area contributed by atoms with Crippen LogP contribution in [0.1, 0.15) is 12.8 Å². The van der Waals surface area contributed by atoms with Crippen LogP contribution in [-0.2, 0) is 19.1 Å². The fraction of sp³-hybridized carbons (Fsp3) is 0.211. The molecule has 2 rings (SSSR count). The third-order valence-corrected chi connectivity index (χ3v) is 3.68. The summed E-state index contributed by atoms with van der Waals surface area (Å²) in [5.74, 6) is -0.987. The molecule has 0 radical (unpaired) electrons. The number of para-hydroxylation sites is 2. The van der Waals surface area contributed by atoms with E-state index in [1.165, 1.54) is 7.11 Å². The molecule has 0 aromatic heterocycles. The van der Waals surface area contributed by atoms with Gasteiger partial charge in [-0.1, -0.05) is 23.7 Å². The third-order valence-electron chi connectivity index (χ3n) is 3.43. The van der Waals surface area contributed by atoms with Gasteiger partial charge in [-0.25, -0.2) is 0 Å². The molecule has 142 valence electrons. The van der Waals surface area contributed by atoms with Crippen molar-refractivity contribution in [2.24, 2.45) is 0 Å². The summed E-state index contributed by atoms with van der Waals surface area (Å²) in [6.45, 7) is -0.449. The molecule has 0 heterocycles. The fourth-order valence-corrected chi connectivity index (χ4v) is 2.25. The maximum absolute atomic E-state index is 11.9. The number of amides is 2. The number of carbonyl (C=O) groups is 3. The van der Waals surface area contributed by atoms with E-state index in [9.17, 15) is 14.4 Å². The minimum atomic E-state index is -0.642. The summed E-state index contributed by atoms with van der Waals surface area (Å²) in [4.78, 5) is 35.4. The lowest BCUT2D eigenvalue weighted by molar-refractivity contribution is -0.147. The average molecular weight is 391 g/mol. The van der Waals surface area contributed by atoms with Gasteiger partial charge < -0.3 is 20.1 Å². The summed E-state index contributed by atoms with van der Waals surface area (Å²) in [7, 11) is 1.49. The Morgan fingerprint density at radius 1 is 0.926 bits per heavy atom. The quantitative estimate of drug-likeness (QED) is 0.675. The van der Waals surface area contributed by atoms with Crippen LogP contribution in [-0.4, -0.2) is 31.5 Å². The largest absolute Gasteiger partial charge is 0.495 e. The Hall–Kier alpha value is -3.06. The second-order valence-electron chi connectivity index (χ2n) is 5.46. The molecular weight excluding hydrogens is 372 g/mol. The van der Waals surface area contributed by atoms with Gasteiger partial charge in [-0.2, -0.15) is 0 Å². The molecule has 0 saturated carbocycles. The Morgan fingerprint density at radius 2 is 1.63 bits per heavy atom. The van der Waals surface area contributed by atoms with Gasteiger partial charge in [0, 0.05) is 17.1 Å². The van der Waals surface area contributed by atoms with Crippen LogP contribution in [0.5, 0.6) is 5.75 Å². The lowest BCUT2D eigenvalue weighted by Crippen LogP contribution is -2.22. The number of carbonyl (C=O) groups excluding carboxylic acids is 3. The van der Waals surface area contributed by atoms with Crippen LogP contribution in [0.3, 0.4) is 0 Å². The standard InChI is InChI=1S/C19H19ClN2O5/c1-26-16-5-3-2-4-15(16)22-18(24)12-27-19(25)11-10-17(23)21-14-8-6-13(20)7-9-14/h2-9H,10-12H2,1H3,(H,21,23)(H,22,24). The van der Waals surface area contributed by atoms with Crippen molar-refractivity contribution in [2.75, 3.05) is 24.4 Å². The van der Waals surface area contributed by atoms with Crippen LogP contribution < -0.4 is 15.4 Å². The minimum absolute atomic E-state index is 0.0599. The van der Waals surface area contributed by atoms with E-state index in [0.29, 0.717) is 22.1 Å². The van der Waals surface area contributed by atoms with Gasteiger partial charge in [-0.15, -0.1) is 0 Å². The molecule has 0 saturated heterocycles. The minimum Gasteiger partial charge on any atom is -0.495 e. The number of hydrogen-bond donors (Lipinski definition) is 2. The van der Waals surface area contributed by atoms with E-state index in [1.54, 1.807) is 48.5 Å². The number of nitrogens with one attached hydrogen (secondary N) is 2. The molecule has 0 atom stereocenters. The maximum atomic E-state index is 11.9. The Morgan fingerprint density at radius 3 is 2.33 bits per heavy atom. The van der Waals surface area contributed by atoms with Gasteiger partial charge in [0.15, 0.2) is 6.61 Å². The Kier molecular flexibility index (Phi) is 7.63. The summed E-state index contributed by atoms with van der Waals surface area (Å²) in [5, 5.41) is 5.78. The molecule has 27 heavy (non-hydrogen) atoms. The molecule has 2 N–H and O–H groups in total. The van der Waals surface area contributed by atoms with Gasteiger partial charge >= 0.3 is 5.97 Å². The van der Waals surface area contributed by atoms with E-state index in [4.69, 9.17) is 21.1 Å². The number of esters is 1. The highest BCUT2D eigenvalue weighted by molar-refractivity contribution is 6.30. The summed E-state index contributed by atoms with van der Waals surface area (Å²) in [6, 6.07) is 13.5. The van der Waals surface area contributed by atoms with E-state index in [1.807, 2.05) is 0 Å². The molecule has 8 heteroatoms. The van der Waals surface area contributed by atoms with E-state index < -0.39 is 18.5 Å². The summed E-state index contributed by atoms with van der Waals surface area (Å²) < 4.78 is 9.99. The number of hydrogen-bond acceptors (Lipinski definition) is 5. The summed E-state index contributed by atoms with van der Waals surface area (Å²) in [5.41, 5.74) is 1.05. The molecule has 0 aliphatic carbocycles. The van der Waals surface area contributed by atoms with Crippen LogP contribution in [0, 0.1) is 0 Å².